The first-order chi connectivity index (χ1) is 10.9. The first-order valence-electron chi connectivity index (χ1n) is 7.12. The van der Waals surface area contributed by atoms with E-state index in [2.05, 4.69) is 37.2 Å². The van der Waals surface area contributed by atoms with E-state index in [0.717, 1.165) is 25.9 Å². The van der Waals surface area contributed by atoms with Crippen molar-refractivity contribution in [2.24, 2.45) is 0 Å². The zero-order chi connectivity index (χ0) is 17.0. The number of halogens is 3. The Labute approximate surface area is 158 Å². The highest BCUT2D eigenvalue weighted by Crippen LogP contribution is 2.37. The fourth-order valence-electron chi connectivity index (χ4n) is 2.04. The van der Waals surface area contributed by atoms with Crippen molar-refractivity contribution in [3.63, 3.8) is 0 Å². The summed E-state index contributed by atoms with van der Waals surface area (Å²) in [4.78, 5) is 0. The Morgan fingerprint density at radius 1 is 1.13 bits per heavy atom. The number of methoxy groups -OCH3 is 1. The Morgan fingerprint density at radius 2 is 1.87 bits per heavy atom. The van der Waals surface area contributed by atoms with Gasteiger partial charge in [0.15, 0.2) is 11.5 Å². The van der Waals surface area contributed by atoms with E-state index in [-0.39, 0.29) is 6.10 Å². The van der Waals surface area contributed by atoms with Crippen molar-refractivity contribution in [1.29, 1.82) is 0 Å². The molecule has 0 atom stereocenters. The molecule has 1 N–H and O–H groups in total. The minimum atomic E-state index is 0.0779. The van der Waals surface area contributed by atoms with Crippen LogP contribution in [0.3, 0.4) is 0 Å². The van der Waals surface area contributed by atoms with Gasteiger partial charge in [-0.05, 0) is 81.6 Å². The molecule has 2 aromatic rings. The van der Waals surface area contributed by atoms with Gasteiger partial charge in [-0.25, -0.2) is 0 Å². The van der Waals surface area contributed by atoms with Crippen LogP contribution in [0.15, 0.2) is 39.3 Å². The summed E-state index contributed by atoms with van der Waals surface area (Å²) in [6, 6.07) is 9.76. The molecule has 0 spiro atoms. The third-order valence-electron chi connectivity index (χ3n) is 3.06. The molecule has 0 bridgehead atoms. The van der Waals surface area contributed by atoms with Gasteiger partial charge in [-0.3, -0.25) is 0 Å². The van der Waals surface area contributed by atoms with Crippen LogP contribution in [0, 0.1) is 0 Å². The van der Waals surface area contributed by atoms with Crippen LogP contribution in [0.4, 0.5) is 5.69 Å². The third kappa shape index (κ3) is 5.03. The lowest BCUT2D eigenvalue weighted by Crippen LogP contribution is -2.08. The van der Waals surface area contributed by atoms with Crippen LogP contribution in [0.1, 0.15) is 19.4 Å². The van der Waals surface area contributed by atoms with E-state index in [1.54, 1.807) is 7.11 Å². The number of ether oxygens (including phenoxy) is 2. The van der Waals surface area contributed by atoms with Crippen molar-refractivity contribution in [3.05, 3.63) is 49.9 Å². The summed E-state index contributed by atoms with van der Waals surface area (Å²) in [5.41, 5.74) is 2.03. The molecule has 2 aromatic carbocycles. The smallest absolute Gasteiger partial charge is 0.175 e. The largest absolute Gasteiger partial charge is 0.493 e. The van der Waals surface area contributed by atoms with Gasteiger partial charge in [-0.1, -0.05) is 11.6 Å². The van der Waals surface area contributed by atoms with Crippen LogP contribution in [-0.2, 0) is 6.54 Å². The average Bonchev–Trinajstić information content (AvgIpc) is 2.50. The van der Waals surface area contributed by atoms with Gasteiger partial charge in [-0.15, -0.1) is 0 Å². The quantitative estimate of drug-likeness (QED) is 0.547. The maximum Gasteiger partial charge on any atom is 0.175 e. The molecule has 0 aliphatic carbocycles. The van der Waals surface area contributed by atoms with E-state index in [0.29, 0.717) is 17.3 Å². The van der Waals surface area contributed by atoms with E-state index >= 15 is 0 Å². The first-order valence-corrected chi connectivity index (χ1v) is 9.09. The second-order valence-corrected chi connectivity index (χ2v) is 7.37. The molecule has 6 heteroatoms. The number of hydrogen-bond acceptors (Lipinski definition) is 3. The Morgan fingerprint density at radius 3 is 2.48 bits per heavy atom. The molecule has 124 valence electrons. The summed E-state index contributed by atoms with van der Waals surface area (Å²) >= 11 is 13.0. The monoisotopic (exact) mass is 461 g/mol. The minimum absolute atomic E-state index is 0.0779. The summed E-state index contributed by atoms with van der Waals surface area (Å²) in [5.74, 6) is 1.43. The Kier molecular flexibility index (Phi) is 6.62. The zero-order valence-corrected chi connectivity index (χ0v) is 17.0. The van der Waals surface area contributed by atoms with Crippen LogP contribution >= 0.6 is 43.5 Å². The molecule has 3 nitrogen and oxygen atoms in total. The molecule has 0 radical (unpaired) electrons. The Balaban J connectivity index is 2.16. The van der Waals surface area contributed by atoms with Crippen LogP contribution in [0.5, 0.6) is 11.5 Å². The van der Waals surface area contributed by atoms with Gasteiger partial charge in [0.1, 0.15) is 0 Å². The topological polar surface area (TPSA) is 30.5 Å². The fourth-order valence-corrected chi connectivity index (χ4v) is 3.05. The third-order valence-corrected chi connectivity index (χ3v) is 4.88. The summed E-state index contributed by atoms with van der Waals surface area (Å²) < 4.78 is 13.0. The van der Waals surface area contributed by atoms with Gasteiger partial charge in [0, 0.05) is 16.7 Å². The van der Waals surface area contributed by atoms with Crippen molar-refractivity contribution < 1.29 is 9.47 Å². The molecular formula is C17H18Br2ClNO2. The van der Waals surface area contributed by atoms with E-state index < -0.39 is 0 Å². The van der Waals surface area contributed by atoms with Gasteiger partial charge in [0.05, 0.1) is 22.7 Å². The molecule has 0 saturated heterocycles. The molecular weight excluding hydrogens is 445 g/mol. The average molecular weight is 464 g/mol. The van der Waals surface area contributed by atoms with E-state index in [1.807, 2.05) is 44.2 Å². The highest BCUT2D eigenvalue weighted by Gasteiger charge is 2.13. The minimum Gasteiger partial charge on any atom is -0.493 e. The Hall–Kier alpha value is -0.910. The maximum absolute atomic E-state index is 6.11. The lowest BCUT2D eigenvalue weighted by molar-refractivity contribution is 0.228. The van der Waals surface area contributed by atoms with Crippen molar-refractivity contribution in [1.82, 2.24) is 0 Å². The highest BCUT2D eigenvalue weighted by atomic mass is 79.9. The molecule has 0 aromatic heterocycles. The molecule has 0 heterocycles. The van der Waals surface area contributed by atoms with Gasteiger partial charge in [0.25, 0.3) is 0 Å². The van der Waals surface area contributed by atoms with Crippen molar-refractivity contribution in [3.8, 4) is 11.5 Å². The predicted molar refractivity (Wildman–Crippen MR) is 103 cm³/mol. The maximum atomic E-state index is 6.11. The molecule has 0 aliphatic rings. The molecule has 23 heavy (non-hydrogen) atoms. The number of nitrogens with one attached hydrogen (secondary N) is 1. The Bertz CT molecular complexity index is 693. The van der Waals surface area contributed by atoms with Gasteiger partial charge >= 0.3 is 0 Å². The molecule has 0 aliphatic heterocycles. The van der Waals surface area contributed by atoms with Gasteiger partial charge in [-0.2, -0.15) is 0 Å². The molecule has 0 saturated carbocycles. The lowest BCUT2D eigenvalue weighted by atomic mass is 10.2. The number of rotatable bonds is 6. The van der Waals surface area contributed by atoms with Crippen LogP contribution in [0.2, 0.25) is 5.02 Å². The van der Waals surface area contributed by atoms with Crippen LogP contribution < -0.4 is 14.8 Å². The first kappa shape index (κ1) is 18.4. The summed E-state index contributed by atoms with van der Waals surface area (Å²) in [6.07, 6.45) is 0.0779. The number of hydrogen-bond donors (Lipinski definition) is 1. The fraction of sp³-hybridized carbons (Fsp3) is 0.294. The zero-order valence-electron chi connectivity index (χ0n) is 13.1. The van der Waals surface area contributed by atoms with Crippen molar-refractivity contribution in [2.75, 3.05) is 12.4 Å². The standard InChI is InChI=1S/C17H18Br2ClNO2/c1-10(2)23-17-14(19)6-11(7-16(17)22-3)9-21-12-4-5-13(18)15(20)8-12/h4-8,10,21H,9H2,1-3H3. The lowest BCUT2D eigenvalue weighted by Gasteiger charge is -2.17. The summed E-state index contributed by atoms with van der Waals surface area (Å²) in [7, 11) is 1.64. The number of benzene rings is 2. The molecule has 2 rings (SSSR count). The van der Waals surface area contributed by atoms with Gasteiger partial charge in [0.2, 0.25) is 0 Å². The predicted octanol–water partition coefficient (Wildman–Crippen LogP) is 6.27. The number of anilines is 1. The SMILES string of the molecule is COc1cc(CNc2ccc(Br)c(Cl)c2)cc(Br)c1OC(C)C. The van der Waals surface area contributed by atoms with Crippen molar-refractivity contribution >= 4 is 49.1 Å². The van der Waals surface area contributed by atoms with Gasteiger partial charge < -0.3 is 14.8 Å². The highest BCUT2D eigenvalue weighted by molar-refractivity contribution is 9.10. The molecule has 0 fully saturated rings. The van der Waals surface area contributed by atoms with Crippen molar-refractivity contribution in [2.45, 2.75) is 26.5 Å². The second-order valence-electron chi connectivity index (χ2n) is 5.26. The summed E-state index contributed by atoms with van der Waals surface area (Å²) in [5, 5.41) is 4.02. The van der Waals surface area contributed by atoms with E-state index in [1.165, 1.54) is 0 Å². The molecule has 0 amide bonds. The van der Waals surface area contributed by atoms with Crippen LogP contribution in [0.25, 0.3) is 0 Å². The second kappa shape index (κ2) is 8.27. The van der Waals surface area contributed by atoms with E-state index in [9.17, 15) is 0 Å². The summed E-state index contributed by atoms with van der Waals surface area (Å²) in [6.45, 7) is 4.62. The normalized spacial score (nSPS) is 10.7. The van der Waals surface area contributed by atoms with E-state index in [4.69, 9.17) is 21.1 Å². The van der Waals surface area contributed by atoms with Crippen LogP contribution in [-0.4, -0.2) is 13.2 Å². The molecule has 0 unspecified atom stereocenters.